The van der Waals surface area contributed by atoms with E-state index in [1.807, 2.05) is 99.6 Å². The lowest BCUT2D eigenvalue weighted by atomic mass is 9.53. The predicted molar refractivity (Wildman–Crippen MR) is 571 cm³/mol. The molecule has 3 unspecified atom stereocenters. The number of ether oxygens (including phenoxy) is 2. The Hall–Kier alpha value is -8.74. The minimum absolute atomic E-state index is 0.00603. The van der Waals surface area contributed by atoms with Gasteiger partial charge in [0, 0.05) is 142 Å². The summed E-state index contributed by atoms with van der Waals surface area (Å²) in [6, 6.07) is 2.96. The maximum atomic E-state index is 14.8. The molecule has 10 aliphatic carbocycles. The van der Waals surface area contributed by atoms with Gasteiger partial charge in [0.1, 0.15) is 38.0 Å². The number of carbonyl (C=O) groups is 18. The van der Waals surface area contributed by atoms with Crippen molar-refractivity contribution >= 4 is 152 Å². The minimum Gasteiger partial charge on any atom is -0.460 e. The molecule has 7 N–H and O–H groups in total. The Morgan fingerprint density at radius 1 is 0.450 bits per heavy atom. The lowest BCUT2D eigenvalue weighted by molar-refractivity contribution is -0.158. The Morgan fingerprint density at radius 3 is 1.23 bits per heavy atom. The second-order valence-electron chi connectivity index (χ2n) is 50.2. The molecule has 149 heavy (non-hydrogen) atoms. The summed E-state index contributed by atoms with van der Waals surface area (Å²) in [5, 5.41) is 20.8. The zero-order valence-corrected chi connectivity index (χ0v) is 93.8. The van der Waals surface area contributed by atoms with Gasteiger partial charge < -0.3 is 61.4 Å². The highest BCUT2D eigenvalue weighted by Crippen LogP contribution is 2.68. The van der Waals surface area contributed by atoms with Crippen molar-refractivity contribution in [3.05, 3.63) is 73.9 Å². The Balaban J connectivity index is 0.000000213. The van der Waals surface area contributed by atoms with Gasteiger partial charge in [-0.15, -0.1) is 66.1 Å². The molecule has 826 valence electrons. The Morgan fingerprint density at radius 2 is 0.832 bits per heavy atom. The van der Waals surface area contributed by atoms with Crippen LogP contribution in [-0.2, 0) is 87.9 Å². The van der Waals surface area contributed by atoms with Crippen LogP contribution in [0.15, 0.2) is 68.3 Å². The summed E-state index contributed by atoms with van der Waals surface area (Å²) in [7, 11) is 0. The molecule has 14 rings (SSSR count). The number of fused-ring (bicyclic) bond motifs is 3. The maximum Gasteiger partial charge on any atom is 0.315 e. The number of nitrogens with one attached hydrogen (secondary N) is 7. The quantitative estimate of drug-likeness (QED) is 0.0138. The SMILES string of the molecule is C=CCCC(CC(=O)[C@@H]1[C@@H]2[C@H](CN1C(=O)[C@@H](NC(=O)NC(C)(C)C)C(C)(C)C)C2(Cl)Cl)C(=O)C(=O)CCCC(=O)OC1(C)CCCC1.C=CCCC(CC(=O)[C@@H]1[C@@H]2[C@H](CN1C(=O)[C@@H](NC(=O)NC(C)(C)C)C1CCCCC1)C2(Cl)Cl)C(=O)C(=O)CCCC(=O)OC(C)(C)C.C=CCCC(CC(=O)[C@@H]1[C@@H]2[C@H](CN1C(=O)[C@@H](NC(=O)NC13CC4CC(CC(C4)C1)C3)C1CCCCC1)C2(C)C)C(=O)C(=O)CCC(=O)NCc1ccccc1. The molecule has 34 heteroatoms. The molecule has 0 aromatic heterocycles. The first-order chi connectivity index (χ1) is 69.7. The lowest BCUT2D eigenvalue weighted by Crippen LogP contribution is -2.64. The number of nitrogens with zero attached hydrogens (tertiary/aromatic N) is 3. The summed E-state index contributed by atoms with van der Waals surface area (Å²) in [4.78, 5) is 246. The second-order valence-corrected chi connectivity index (χ2v) is 53.1. The summed E-state index contributed by atoms with van der Waals surface area (Å²) < 4.78 is 8.51. The molecule has 0 spiro atoms. The highest BCUT2D eigenvalue weighted by Gasteiger charge is 2.76. The molecule has 0 radical (unpaired) electrons. The van der Waals surface area contributed by atoms with Gasteiger partial charge >= 0.3 is 30.0 Å². The molecule has 3 aliphatic heterocycles. The summed E-state index contributed by atoms with van der Waals surface area (Å²) in [5.74, 6) is -9.54. The van der Waals surface area contributed by atoms with Crippen LogP contribution in [0.5, 0.6) is 0 Å². The lowest BCUT2D eigenvalue weighted by Gasteiger charge is -2.56. The molecule has 3 saturated heterocycles. The number of hydrogen-bond donors (Lipinski definition) is 7. The number of likely N-dealkylation sites (tertiary alicyclic amines) is 3. The number of urea groups is 3. The monoisotopic (exact) mass is 2150 g/mol. The number of alkyl halides is 4. The zero-order valence-electron chi connectivity index (χ0n) is 90.8. The number of benzene rings is 1. The number of amides is 10. The summed E-state index contributed by atoms with van der Waals surface area (Å²) in [6.45, 7) is 40.2. The third-order valence-electron chi connectivity index (χ3n) is 33.2. The van der Waals surface area contributed by atoms with E-state index in [1.54, 1.807) is 43.9 Å². The molecule has 13 aliphatic rings. The molecular formula is C115H168Cl4N10O20. The fraction of sp³-hybridized carbons (Fsp3) is 0.739. The molecule has 15 atom stereocenters. The van der Waals surface area contributed by atoms with E-state index in [2.05, 4.69) is 70.8 Å². The van der Waals surface area contributed by atoms with E-state index in [1.165, 1.54) is 29.1 Å². The average Bonchev–Trinajstić information content (AvgIpc) is 1.53. The van der Waals surface area contributed by atoms with Gasteiger partial charge in [0.25, 0.3) is 0 Å². The minimum atomic E-state index is -1.20. The maximum absolute atomic E-state index is 14.8. The number of hydrogen-bond acceptors (Lipinski definition) is 20. The van der Waals surface area contributed by atoms with Crippen LogP contribution in [0.25, 0.3) is 0 Å². The molecule has 10 saturated carbocycles. The second kappa shape index (κ2) is 50.6. The number of halogens is 4. The van der Waals surface area contributed by atoms with Crippen molar-refractivity contribution < 1.29 is 95.8 Å². The van der Waals surface area contributed by atoms with E-state index in [0.717, 1.165) is 115 Å². The van der Waals surface area contributed by atoms with Crippen LogP contribution in [0.2, 0.25) is 0 Å². The molecule has 1 aromatic carbocycles. The summed E-state index contributed by atoms with van der Waals surface area (Å²) in [6.07, 6.45) is 25.7. The van der Waals surface area contributed by atoms with Crippen LogP contribution >= 0.6 is 46.4 Å². The zero-order chi connectivity index (χ0) is 110. The van der Waals surface area contributed by atoms with Gasteiger partial charge in [0.2, 0.25) is 41.0 Å². The van der Waals surface area contributed by atoms with Crippen LogP contribution < -0.4 is 37.2 Å². The Labute approximate surface area is 902 Å². The largest absolute Gasteiger partial charge is 0.460 e. The topological polar surface area (TPSA) is 420 Å². The Bertz CT molecular complexity index is 5050. The van der Waals surface area contributed by atoms with Gasteiger partial charge in [-0.1, -0.05) is 122 Å². The first-order valence-corrected chi connectivity index (χ1v) is 56.6. The van der Waals surface area contributed by atoms with Gasteiger partial charge in [-0.3, -0.25) is 71.9 Å². The number of ketones is 9. The van der Waals surface area contributed by atoms with Crippen molar-refractivity contribution in [3.8, 4) is 0 Å². The van der Waals surface area contributed by atoms with Crippen LogP contribution in [0.3, 0.4) is 0 Å². The van der Waals surface area contributed by atoms with Crippen LogP contribution in [0.1, 0.15) is 347 Å². The van der Waals surface area contributed by atoms with Crippen molar-refractivity contribution in [3.63, 3.8) is 0 Å². The average molecular weight is 2150 g/mol. The highest BCUT2D eigenvalue weighted by molar-refractivity contribution is 6.52. The standard InChI is InChI=1S/C45H62N4O6.2C35H53Cl2N3O7/c1-4-5-14-33(41(53)35(50)17-18-37(52)46-26-28-12-8-6-9-13-28)22-36(51)40-38-34(44(38,2)3)27-49(40)42(54)39(32-15-10-7-11-16-32)47-43(55)48-45-23-29-19-30(24-45)21-31(20-29)25-45;1-9-10-14-21(28(44)23(41)15-13-16-25(43)47-34(8)17-11-12-18-34)19-24(42)27-26-22(35(26,36)37)20-40(27)30(45)29(32(2,3)4)38-31(46)39-33(5,6)7;1-8-9-14-22(30(44)24(41)17-13-18-26(43)47-34(5,6)7)19-25(42)29-27-23(35(27,36)37)20-40(29)31(45)28(21-15-11-10-12-16-21)38-32(46)39-33(2,3)4/h4,6,8-9,12-13,29-34,38-40H,1,5,7,10-11,14-27H2,2-3H3,(H,46,52)(H2,47,48,55);9,21-22,26-27,29H,1,10-20H2,2-8H3,(H2,38,39,46);8,21-23,27-29H,1,9-20H2,2-7H3,(H2,38,39,46)/t29?,30?,31?,33?,34-,38-,39-,40+,45?;21?,22-,26-,27+,29+;22?,23-,27-,28-,29+/m000/s1. The van der Waals surface area contributed by atoms with Crippen LogP contribution in [0, 0.1) is 93.7 Å². The van der Waals surface area contributed by atoms with Crippen molar-refractivity contribution in [1.29, 1.82) is 0 Å². The fourth-order valence-corrected chi connectivity index (χ4v) is 27.4. The van der Waals surface area contributed by atoms with Crippen LogP contribution in [-0.4, -0.2) is 213 Å². The number of rotatable bonds is 47. The summed E-state index contributed by atoms with van der Waals surface area (Å²) >= 11 is 26.3. The molecule has 1 aromatic rings. The van der Waals surface area contributed by atoms with Crippen LogP contribution in [0.4, 0.5) is 14.4 Å². The van der Waals surface area contributed by atoms with E-state index in [0.29, 0.717) is 50.1 Å². The molecule has 13 fully saturated rings. The van der Waals surface area contributed by atoms with E-state index >= 15 is 0 Å². The fourth-order valence-electron chi connectivity index (χ4n) is 25.8. The molecule has 4 bridgehead atoms. The van der Waals surface area contributed by atoms with Crippen molar-refractivity contribution in [2.45, 2.75) is 421 Å². The van der Waals surface area contributed by atoms with Gasteiger partial charge in [-0.25, -0.2) is 14.4 Å². The van der Waals surface area contributed by atoms with E-state index in [4.69, 9.17) is 55.9 Å². The van der Waals surface area contributed by atoms with E-state index < -0.39 is 167 Å². The number of allylic oxidation sites excluding steroid dienone is 3. The number of Topliss-reactive ketones (excluding diaryl/α,β-unsaturated/α-hetero) is 9. The molecule has 30 nitrogen and oxygen atoms in total. The predicted octanol–water partition coefficient (Wildman–Crippen LogP) is 18.2. The van der Waals surface area contributed by atoms with E-state index in [-0.39, 0.29) is 191 Å². The smallest absolute Gasteiger partial charge is 0.315 e. The summed E-state index contributed by atoms with van der Waals surface area (Å²) in [5.41, 5.74) is -2.27. The molecule has 10 amide bonds. The van der Waals surface area contributed by atoms with Crippen molar-refractivity contribution in [2.24, 2.45) is 93.7 Å². The number of piperidine rings is 3. The van der Waals surface area contributed by atoms with Crippen molar-refractivity contribution in [1.82, 2.24) is 51.9 Å². The van der Waals surface area contributed by atoms with Gasteiger partial charge in [-0.05, 0) is 268 Å². The van der Waals surface area contributed by atoms with Gasteiger partial charge in [-0.2, -0.15) is 0 Å². The molecular weight excluding hydrogens is 1980 g/mol. The number of carbonyl (C=O) groups excluding carboxylic acids is 18. The first kappa shape index (κ1) is 120. The highest BCUT2D eigenvalue weighted by atomic mass is 35.5. The Kier molecular flexibility index (Phi) is 41.0. The normalized spacial score (nSPS) is 26.5. The first-order valence-electron chi connectivity index (χ1n) is 55.0. The van der Waals surface area contributed by atoms with Gasteiger partial charge in [0.05, 0.1) is 18.1 Å². The van der Waals surface area contributed by atoms with Crippen molar-refractivity contribution in [2.75, 3.05) is 19.6 Å². The number of esters is 2. The molecule has 3 heterocycles. The third-order valence-corrected chi connectivity index (χ3v) is 35.3. The van der Waals surface area contributed by atoms with E-state index in [9.17, 15) is 86.3 Å². The van der Waals surface area contributed by atoms with Gasteiger partial charge in [0.15, 0.2) is 34.7 Å². The third kappa shape index (κ3) is 32.0.